The second-order valence-corrected chi connectivity index (χ2v) is 19.0. The number of carbonyl (C=O) groups excluding carboxylic acids is 5. The van der Waals surface area contributed by atoms with Crippen molar-refractivity contribution < 1.29 is 73.6 Å². The summed E-state index contributed by atoms with van der Waals surface area (Å²) in [6.45, 7) is 21.8. The number of hydrogen-bond donors (Lipinski definition) is 6. The number of aliphatic carboxylic acids is 1. The number of esters is 3. The molecule has 0 aromatic carbocycles. The summed E-state index contributed by atoms with van der Waals surface area (Å²) < 4.78 is 15.5. The highest BCUT2D eigenvalue weighted by molar-refractivity contribution is 6.02. The molecule has 71 heavy (non-hydrogen) atoms. The van der Waals surface area contributed by atoms with Crippen LogP contribution in [0.15, 0.2) is 130 Å². The molecular formula is C56H78O15. The lowest BCUT2D eigenvalue weighted by Crippen LogP contribution is -2.47. The molecule has 0 saturated heterocycles. The summed E-state index contributed by atoms with van der Waals surface area (Å²) in [5, 5.41) is 56.0. The Hall–Kier alpha value is -5.84. The number of carbonyl (C=O) groups is 6. The Bertz CT molecular complexity index is 2230. The van der Waals surface area contributed by atoms with E-state index in [1.54, 1.807) is 13.8 Å². The van der Waals surface area contributed by atoms with Crippen LogP contribution in [-0.2, 0) is 43.0 Å². The Morgan fingerprint density at radius 1 is 0.606 bits per heavy atom. The van der Waals surface area contributed by atoms with Gasteiger partial charge in [0.25, 0.3) is 0 Å². The summed E-state index contributed by atoms with van der Waals surface area (Å²) in [6.07, 6.45) is 18.1. The fourth-order valence-electron chi connectivity index (χ4n) is 7.39. The third-order valence-electron chi connectivity index (χ3n) is 11.8. The molecule has 0 saturated carbocycles. The highest BCUT2D eigenvalue weighted by atomic mass is 16.6. The number of carboxylic acids is 1. The number of ketones is 2. The van der Waals surface area contributed by atoms with E-state index < -0.39 is 85.6 Å². The molecule has 392 valence electrons. The zero-order valence-electron chi connectivity index (χ0n) is 43.6. The number of aliphatic hydroxyl groups is 5. The van der Waals surface area contributed by atoms with Crippen LogP contribution in [0.3, 0.4) is 0 Å². The summed E-state index contributed by atoms with van der Waals surface area (Å²) in [5.74, 6) is -3.90. The minimum atomic E-state index is -1.87. The van der Waals surface area contributed by atoms with Crippen molar-refractivity contribution in [3.8, 4) is 0 Å². The van der Waals surface area contributed by atoms with Crippen LogP contribution in [-0.4, -0.2) is 116 Å². The molecule has 0 spiro atoms. The van der Waals surface area contributed by atoms with Crippen molar-refractivity contribution in [3.05, 3.63) is 130 Å². The van der Waals surface area contributed by atoms with Gasteiger partial charge in [-0.15, -0.1) is 0 Å². The van der Waals surface area contributed by atoms with Gasteiger partial charge in [-0.25, -0.2) is 0 Å². The Morgan fingerprint density at radius 3 is 1.42 bits per heavy atom. The van der Waals surface area contributed by atoms with E-state index in [1.807, 2.05) is 154 Å². The summed E-state index contributed by atoms with van der Waals surface area (Å²) in [5.41, 5.74) is 6.35. The van der Waals surface area contributed by atoms with Gasteiger partial charge in [0, 0.05) is 12.8 Å². The number of aliphatic hydroxyl groups excluding tert-OH is 5. The zero-order chi connectivity index (χ0) is 54.2. The quantitative estimate of drug-likeness (QED) is 0.0327. The van der Waals surface area contributed by atoms with Gasteiger partial charge in [-0.1, -0.05) is 135 Å². The smallest absolute Gasteiger partial charge is 0.307 e. The minimum Gasteiger partial charge on any atom is -0.481 e. The van der Waals surface area contributed by atoms with E-state index in [1.165, 1.54) is 0 Å². The van der Waals surface area contributed by atoms with Crippen LogP contribution in [0.1, 0.15) is 122 Å². The van der Waals surface area contributed by atoms with Gasteiger partial charge >= 0.3 is 23.9 Å². The second kappa shape index (κ2) is 30.8. The van der Waals surface area contributed by atoms with Crippen molar-refractivity contribution in [2.75, 3.05) is 13.2 Å². The normalized spacial score (nSPS) is 21.0. The number of carboxylic acid groups (broad SMARTS) is 1. The van der Waals surface area contributed by atoms with Crippen LogP contribution in [0.4, 0.5) is 0 Å². The molecule has 0 heterocycles. The zero-order valence-corrected chi connectivity index (χ0v) is 43.6. The lowest BCUT2D eigenvalue weighted by atomic mass is 9.71. The molecule has 6 atom stereocenters. The first-order valence-corrected chi connectivity index (χ1v) is 23.7. The topological polar surface area (TPSA) is 251 Å². The largest absolute Gasteiger partial charge is 0.481 e. The van der Waals surface area contributed by atoms with E-state index in [9.17, 15) is 49.2 Å². The molecule has 0 aromatic rings. The van der Waals surface area contributed by atoms with Gasteiger partial charge in [0.05, 0.1) is 32.3 Å². The molecule has 2 aliphatic rings. The van der Waals surface area contributed by atoms with Crippen LogP contribution in [0, 0.1) is 10.8 Å². The van der Waals surface area contributed by atoms with Crippen LogP contribution in [0.25, 0.3) is 0 Å². The lowest BCUT2D eigenvalue weighted by Gasteiger charge is -2.36. The first-order valence-electron chi connectivity index (χ1n) is 23.7. The van der Waals surface area contributed by atoms with E-state index in [0.29, 0.717) is 17.6 Å². The van der Waals surface area contributed by atoms with Crippen molar-refractivity contribution in [3.63, 3.8) is 0 Å². The predicted octanol–water partition coefficient (Wildman–Crippen LogP) is 7.66. The van der Waals surface area contributed by atoms with Gasteiger partial charge in [-0.2, -0.15) is 0 Å². The second-order valence-electron chi connectivity index (χ2n) is 19.0. The molecule has 2 aliphatic carbocycles. The maximum Gasteiger partial charge on any atom is 0.307 e. The third kappa shape index (κ3) is 22.4. The first kappa shape index (κ1) is 63.2. The summed E-state index contributed by atoms with van der Waals surface area (Å²) in [7, 11) is 0. The van der Waals surface area contributed by atoms with Crippen LogP contribution < -0.4 is 0 Å². The summed E-state index contributed by atoms with van der Waals surface area (Å²) >= 11 is 0. The molecule has 0 radical (unpaired) electrons. The molecule has 2 rings (SSSR count). The van der Waals surface area contributed by atoms with Crippen molar-refractivity contribution in [2.45, 2.75) is 158 Å². The van der Waals surface area contributed by atoms with E-state index in [0.717, 1.165) is 33.4 Å². The fraction of sp³-hybridized carbons (Fsp3) is 0.500. The average Bonchev–Trinajstić information content (AvgIpc) is 3.30. The van der Waals surface area contributed by atoms with Gasteiger partial charge in [-0.05, 0) is 88.5 Å². The van der Waals surface area contributed by atoms with Gasteiger partial charge in [0.1, 0.15) is 31.0 Å². The molecule has 0 fully saturated rings. The average molecular weight is 991 g/mol. The maximum atomic E-state index is 13.0. The molecule has 0 amide bonds. The van der Waals surface area contributed by atoms with Crippen molar-refractivity contribution in [2.24, 2.45) is 10.8 Å². The molecule has 6 N–H and O–H groups in total. The molecule has 6 unspecified atom stereocenters. The van der Waals surface area contributed by atoms with Gasteiger partial charge < -0.3 is 44.8 Å². The Morgan fingerprint density at radius 2 is 1.00 bits per heavy atom. The summed E-state index contributed by atoms with van der Waals surface area (Å²) in [4.78, 5) is 72.6. The maximum absolute atomic E-state index is 13.0. The number of hydrogen-bond acceptors (Lipinski definition) is 14. The van der Waals surface area contributed by atoms with E-state index in [2.05, 4.69) is 0 Å². The number of allylic oxidation sites excluding steroid dienone is 20. The van der Waals surface area contributed by atoms with E-state index in [-0.39, 0.29) is 42.7 Å². The van der Waals surface area contributed by atoms with Crippen LogP contribution in [0.5, 0.6) is 0 Å². The van der Waals surface area contributed by atoms with Gasteiger partial charge in [-0.3, -0.25) is 28.8 Å². The van der Waals surface area contributed by atoms with E-state index in [4.69, 9.17) is 24.4 Å². The SMILES string of the molecule is C/C=C(C)/C=C/C=C(C)/C=C/C1=C(C)C(=O)C(OC(=O)CCC(=O)OCC(O)C(O)C(O)C(O)CO)CC1(C)C.C/C=C/C=C(C)/C=C/C=C(C)/C=C/C1=C(C)C(=O)C(OC(=O)CCC(=O)O)CC1(C)C. The molecule has 15 nitrogen and oxygen atoms in total. The minimum absolute atomic E-state index is 0.228. The molecule has 0 bridgehead atoms. The third-order valence-corrected chi connectivity index (χ3v) is 11.8. The van der Waals surface area contributed by atoms with Crippen LogP contribution in [0.2, 0.25) is 0 Å². The molecule has 0 aromatic heterocycles. The Balaban J connectivity index is 0.000000733. The molecule has 0 aliphatic heterocycles. The first-order chi connectivity index (χ1) is 33.1. The van der Waals surface area contributed by atoms with Crippen molar-refractivity contribution >= 4 is 35.4 Å². The molecular weight excluding hydrogens is 913 g/mol. The number of rotatable bonds is 23. The predicted molar refractivity (Wildman–Crippen MR) is 272 cm³/mol. The van der Waals surface area contributed by atoms with Crippen LogP contribution >= 0.6 is 0 Å². The van der Waals surface area contributed by atoms with Gasteiger partial charge in [0.2, 0.25) is 0 Å². The van der Waals surface area contributed by atoms with Gasteiger partial charge in [0.15, 0.2) is 23.8 Å². The fourth-order valence-corrected chi connectivity index (χ4v) is 7.39. The Labute approximate surface area is 419 Å². The van der Waals surface area contributed by atoms with Crippen molar-refractivity contribution in [1.29, 1.82) is 0 Å². The highest BCUT2D eigenvalue weighted by Crippen LogP contribution is 2.42. The number of ether oxygens (including phenoxy) is 3. The van der Waals surface area contributed by atoms with E-state index >= 15 is 0 Å². The monoisotopic (exact) mass is 991 g/mol. The Kier molecular flexibility index (Phi) is 27.4. The molecule has 15 heteroatoms. The summed E-state index contributed by atoms with van der Waals surface area (Å²) in [6, 6.07) is 0. The number of Topliss-reactive ketones (excluding diaryl/α,β-unsaturated/α-hetero) is 2. The lowest BCUT2D eigenvalue weighted by molar-refractivity contribution is -0.161. The highest BCUT2D eigenvalue weighted by Gasteiger charge is 2.41. The standard InChI is InChI=1S/C30H44O10.C26H34O5/c1-7-18(2)9-8-10-19(3)11-12-21-20(4)27(36)24(15-30(21,5)6)40-26(35)14-13-25(34)39-17-23(33)29(38)28(37)22(32)16-31;1-7-8-10-18(2)11-9-12-19(3)13-14-21-20(4)25(30)22(17-26(21,5)6)31-24(29)16-15-23(27)28/h7-12,22-24,28-29,31-33,37-38H,13-17H2,1-6H3;7-14,22H,15-17H2,1-6H3,(H,27,28)/b9-8+,12-11+,18-7+,19-10+;8-7+,11-9+,14-13+,18-10+,19-12+. The van der Waals surface area contributed by atoms with Crippen molar-refractivity contribution in [1.82, 2.24) is 0 Å².